The van der Waals surface area contributed by atoms with E-state index in [-0.39, 0.29) is 29.9 Å². The first-order valence-electron chi connectivity index (χ1n) is 9.54. The summed E-state index contributed by atoms with van der Waals surface area (Å²) >= 11 is 0. The fourth-order valence-corrected chi connectivity index (χ4v) is 4.33. The molecule has 2 amide bonds. The lowest BCUT2D eigenvalue weighted by Gasteiger charge is -2.27. The number of rotatable bonds is 4. The Morgan fingerprint density at radius 2 is 1.48 bits per heavy atom. The van der Waals surface area contributed by atoms with Gasteiger partial charge in [0.2, 0.25) is 5.91 Å². The number of fused-ring (bicyclic) bond motifs is 3. The van der Waals surface area contributed by atoms with Crippen LogP contribution < -0.4 is 11.1 Å². The highest BCUT2D eigenvalue weighted by molar-refractivity contribution is 5.79. The Hall–Kier alpha value is -2.82. The zero-order valence-corrected chi connectivity index (χ0v) is 15.2. The molecule has 2 aliphatic rings. The average molecular weight is 364 g/mol. The number of benzene rings is 2. The minimum atomic E-state index is -0.389. The summed E-state index contributed by atoms with van der Waals surface area (Å²) in [4.78, 5) is 23.5. The van der Waals surface area contributed by atoms with E-state index in [1.807, 2.05) is 24.3 Å². The molecule has 0 heterocycles. The molecule has 4 rings (SSSR count). The summed E-state index contributed by atoms with van der Waals surface area (Å²) in [6, 6.07) is 16.6. The van der Waals surface area contributed by atoms with Gasteiger partial charge in [-0.05, 0) is 47.9 Å². The van der Waals surface area contributed by atoms with E-state index < -0.39 is 0 Å². The van der Waals surface area contributed by atoms with E-state index >= 15 is 0 Å². The molecular weight excluding hydrogens is 340 g/mol. The summed E-state index contributed by atoms with van der Waals surface area (Å²) < 4.78 is 5.58. The number of hydrogen-bond acceptors (Lipinski definition) is 3. The van der Waals surface area contributed by atoms with Gasteiger partial charge in [-0.15, -0.1) is 0 Å². The Balaban J connectivity index is 1.37. The third-order valence-corrected chi connectivity index (χ3v) is 5.80. The highest BCUT2D eigenvalue weighted by atomic mass is 16.5. The Morgan fingerprint density at radius 3 is 2.04 bits per heavy atom. The number of hydrogen-bond donors (Lipinski definition) is 2. The molecule has 0 aliphatic heterocycles. The van der Waals surface area contributed by atoms with Crippen molar-refractivity contribution in [3.8, 4) is 11.1 Å². The van der Waals surface area contributed by atoms with Crippen LogP contribution in [0.15, 0.2) is 48.5 Å². The Morgan fingerprint density at radius 1 is 0.926 bits per heavy atom. The number of carbonyl (C=O) groups is 2. The maximum absolute atomic E-state index is 12.3. The van der Waals surface area contributed by atoms with Crippen molar-refractivity contribution < 1.29 is 14.3 Å². The summed E-state index contributed by atoms with van der Waals surface area (Å²) in [6.45, 7) is 0.316. The second kappa shape index (κ2) is 7.43. The first-order valence-corrected chi connectivity index (χ1v) is 9.54. The molecular formula is C22H24N2O3. The molecule has 2 aromatic rings. The molecule has 0 aromatic heterocycles. The molecule has 0 saturated heterocycles. The minimum absolute atomic E-state index is 0.0521. The van der Waals surface area contributed by atoms with Crippen LogP contribution in [0.4, 0.5) is 4.79 Å². The summed E-state index contributed by atoms with van der Waals surface area (Å²) in [5.41, 5.74) is 10.2. The molecule has 5 heteroatoms. The molecule has 140 valence electrons. The molecule has 2 aromatic carbocycles. The van der Waals surface area contributed by atoms with Gasteiger partial charge in [0.05, 0.1) is 0 Å². The molecule has 0 atom stereocenters. The molecule has 0 radical (unpaired) electrons. The van der Waals surface area contributed by atoms with Gasteiger partial charge in [0, 0.05) is 17.9 Å². The van der Waals surface area contributed by atoms with Gasteiger partial charge in [0.1, 0.15) is 6.61 Å². The summed E-state index contributed by atoms with van der Waals surface area (Å²) in [6.07, 6.45) is 2.59. The van der Waals surface area contributed by atoms with E-state index in [0.29, 0.717) is 6.61 Å². The van der Waals surface area contributed by atoms with Crippen LogP contribution in [0.25, 0.3) is 11.1 Å². The maximum atomic E-state index is 12.3. The number of nitrogens with one attached hydrogen (secondary N) is 1. The Kier molecular flexibility index (Phi) is 4.84. The van der Waals surface area contributed by atoms with Crippen LogP contribution in [0.3, 0.4) is 0 Å². The topological polar surface area (TPSA) is 81.4 Å². The SMILES string of the molecule is NC(=O)C1CCC(NC(=O)OCC2c3ccccc3-c3ccccc32)CC1. The lowest BCUT2D eigenvalue weighted by molar-refractivity contribution is -0.122. The predicted molar refractivity (Wildman–Crippen MR) is 103 cm³/mol. The quantitative estimate of drug-likeness (QED) is 0.870. The van der Waals surface area contributed by atoms with E-state index in [2.05, 4.69) is 29.6 Å². The van der Waals surface area contributed by atoms with Gasteiger partial charge in [-0.25, -0.2) is 4.79 Å². The molecule has 0 unspecified atom stereocenters. The van der Waals surface area contributed by atoms with Gasteiger partial charge < -0.3 is 15.8 Å². The van der Waals surface area contributed by atoms with Crippen LogP contribution >= 0.6 is 0 Å². The van der Waals surface area contributed by atoms with Gasteiger partial charge in [0.25, 0.3) is 0 Å². The van der Waals surface area contributed by atoms with Crippen LogP contribution in [0.5, 0.6) is 0 Å². The van der Waals surface area contributed by atoms with Gasteiger partial charge in [-0.2, -0.15) is 0 Å². The number of carbonyl (C=O) groups excluding carboxylic acids is 2. The fourth-order valence-electron chi connectivity index (χ4n) is 4.33. The number of alkyl carbamates (subject to hydrolysis) is 1. The van der Waals surface area contributed by atoms with Crippen molar-refractivity contribution in [3.63, 3.8) is 0 Å². The van der Waals surface area contributed by atoms with Crippen LogP contribution in [0, 0.1) is 5.92 Å². The van der Waals surface area contributed by atoms with Crippen LogP contribution in [0.2, 0.25) is 0 Å². The van der Waals surface area contributed by atoms with Crippen molar-refractivity contribution in [2.75, 3.05) is 6.61 Å². The van der Waals surface area contributed by atoms with Crippen molar-refractivity contribution in [3.05, 3.63) is 59.7 Å². The van der Waals surface area contributed by atoms with E-state index in [1.165, 1.54) is 22.3 Å². The zero-order chi connectivity index (χ0) is 18.8. The van der Waals surface area contributed by atoms with Crippen LogP contribution in [0.1, 0.15) is 42.7 Å². The van der Waals surface area contributed by atoms with Gasteiger partial charge >= 0.3 is 6.09 Å². The second-order valence-corrected chi connectivity index (χ2v) is 7.42. The average Bonchev–Trinajstić information content (AvgIpc) is 3.01. The lowest BCUT2D eigenvalue weighted by atomic mass is 9.86. The molecule has 27 heavy (non-hydrogen) atoms. The molecule has 1 saturated carbocycles. The smallest absolute Gasteiger partial charge is 0.407 e. The third kappa shape index (κ3) is 3.54. The van der Waals surface area contributed by atoms with Crippen LogP contribution in [-0.4, -0.2) is 24.6 Å². The minimum Gasteiger partial charge on any atom is -0.449 e. The van der Waals surface area contributed by atoms with Crippen molar-refractivity contribution >= 4 is 12.0 Å². The maximum Gasteiger partial charge on any atom is 0.407 e. The van der Waals surface area contributed by atoms with Crippen molar-refractivity contribution in [2.24, 2.45) is 11.7 Å². The summed E-state index contributed by atoms with van der Waals surface area (Å²) in [5.74, 6) is -0.242. The van der Waals surface area contributed by atoms with Crippen molar-refractivity contribution in [2.45, 2.75) is 37.6 Å². The second-order valence-electron chi connectivity index (χ2n) is 7.42. The summed E-state index contributed by atoms with van der Waals surface area (Å²) in [7, 11) is 0. The lowest BCUT2D eigenvalue weighted by Crippen LogP contribution is -2.40. The highest BCUT2D eigenvalue weighted by Crippen LogP contribution is 2.44. The first kappa shape index (κ1) is 17.6. The fraction of sp³-hybridized carbons (Fsp3) is 0.364. The van der Waals surface area contributed by atoms with E-state index in [1.54, 1.807) is 0 Å². The normalized spacial score (nSPS) is 21.2. The number of nitrogens with two attached hydrogens (primary N) is 1. The number of amides is 2. The zero-order valence-electron chi connectivity index (χ0n) is 15.2. The first-order chi connectivity index (χ1) is 13.1. The van der Waals surface area contributed by atoms with Gasteiger partial charge in [-0.3, -0.25) is 4.79 Å². The predicted octanol–water partition coefficient (Wildman–Crippen LogP) is 3.57. The molecule has 5 nitrogen and oxygen atoms in total. The highest BCUT2D eigenvalue weighted by Gasteiger charge is 2.30. The Bertz CT molecular complexity index is 811. The third-order valence-electron chi connectivity index (χ3n) is 5.80. The van der Waals surface area contributed by atoms with Crippen LogP contribution in [-0.2, 0) is 9.53 Å². The van der Waals surface area contributed by atoms with Gasteiger partial charge in [0.15, 0.2) is 0 Å². The molecule has 0 spiro atoms. The van der Waals surface area contributed by atoms with Gasteiger partial charge in [-0.1, -0.05) is 48.5 Å². The molecule has 2 aliphatic carbocycles. The molecule has 3 N–H and O–H groups in total. The Labute approximate surface area is 158 Å². The van der Waals surface area contributed by atoms with E-state index in [0.717, 1.165) is 25.7 Å². The standard InChI is InChI=1S/C22H24N2O3/c23-21(25)14-9-11-15(12-10-14)24-22(26)27-13-20-18-7-3-1-5-16(18)17-6-2-4-8-19(17)20/h1-8,14-15,20H,9-13H2,(H2,23,25)(H,24,26). The van der Waals surface area contributed by atoms with Crippen molar-refractivity contribution in [1.82, 2.24) is 5.32 Å². The van der Waals surface area contributed by atoms with E-state index in [9.17, 15) is 9.59 Å². The molecule has 0 bridgehead atoms. The monoisotopic (exact) mass is 364 g/mol. The number of primary amides is 1. The largest absolute Gasteiger partial charge is 0.449 e. The van der Waals surface area contributed by atoms with E-state index in [4.69, 9.17) is 10.5 Å². The number of ether oxygens (including phenoxy) is 1. The summed E-state index contributed by atoms with van der Waals surface area (Å²) in [5, 5.41) is 2.94. The van der Waals surface area contributed by atoms with Crippen molar-refractivity contribution in [1.29, 1.82) is 0 Å². The molecule has 1 fully saturated rings.